The Morgan fingerprint density at radius 3 is 2.27 bits per heavy atom. The topological polar surface area (TPSA) is 115 Å². The van der Waals surface area contributed by atoms with Crippen molar-refractivity contribution >= 4 is 32.6 Å². The number of nitrogens with zero attached hydrogens (tertiary/aromatic N) is 1. The van der Waals surface area contributed by atoms with Crippen LogP contribution in [0.15, 0.2) is 65.1 Å². The molecule has 5 rings (SSSR count). The van der Waals surface area contributed by atoms with Crippen LogP contribution >= 0.6 is 0 Å². The molecule has 1 atom stereocenters. The number of ether oxygens (including phenoxy) is 1. The molecule has 10 heteroatoms. The summed E-state index contributed by atoms with van der Waals surface area (Å²) in [5, 5.41) is 3.32. The summed E-state index contributed by atoms with van der Waals surface area (Å²) in [6.45, 7) is 2.08. The highest BCUT2D eigenvalue weighted by atomic mass is 32.2. The molecule has 0 spiro atoms. The molecule has 0 aliphatic heterocycles. The molecule has 1 saturated carbocycles. The van der Waals surface area contributed by atoms with Crippen molar-refractivity contribution < 1.29 is 26.8 Å². The van der Waals surface area contributed by atoms with Crippen molar-refractivity contribution in [3.05, 3.63) is 77.6 Å². The highest BCUT2D eigenvalue weighted by molar-refractivity contribution is 7.92. The normalized spacial score (nSPS) is 14.2. The second-order valence-electron chi connectivity index (χ2n) is 10.0. The van der Waals surface area contributed by atoms with Gasteiger partial charge in [0, 0.05) is 30.6 Å². The van der Waals surface area contributed by atoms with Crippen LogP contribution in [0.1, 0.15) is 48.0 Å². The molecule has 1 aliphatic carbocycles. The molecule has 210 valence electrons. The quantitative estimate of drug-likeness (QED) is 0.252. The van der Waals surface area contributed by atoms with E-state index < -0.39 is 16.1 Å². The Morgan fingerprint density at radius 2 is 1.75 bits per heavy atom. The molecule has 8 nitrogen and oxygen atoms in total. The Balaban J connectivity index is 1.63. The average Bonchev–Trinajstić information content (AvgIpc) is 3.72. The van der Waals surface area contributed by atoms with Gasteiger partial charge in [-0.05, 0) is 85.3 Å². The maximum absolute atomic E-state index is 13.2. The molecule has 0 radical (unpaired) electrons. The summed E-state index contributed by atoms with van der Waals surface area (Å²) in [7, 11) is -2.10. The second-order valence-corrected chi connectivity index (χ2v) is 11.9. The molecule has 1 amide bonds. The van der Waals surface area contributed by atoms with E-state index >= 15 is 0 Å². The van der Waals surface area contributed by atoms with E-state index in [9.17, 15) is 17.6 Å². The lowest BCUT2D eigenvalue weighted by atomic mass is 10.00. The zero-order valence-electron chi connectivity index (χ0n) is 22.6. The van der Waals surface area contributed by atoms with Crippen molar-refractivity contribution in [2.24, 2.45) is 5.73 Å². The fourth-order valence-corrected chi connectivity index (χ4v) is 6.29. The maximum Gasteiger partial charge on any atom is 0.255 e. The molecule has 3 aromatic carbocycles. The molecule has 40 heavy (non-hydrogen) atoms. The Hall–Kier alpha value is -3.89. The fourth-order valence-electron chi connectivity index (χ4n) is 5.00. The largest absolute Gasteiger partial charge is 0.457 e. The maximum atomic E-state index is 13.2. The van der Waals surface area contributed by atoms with Gasteiger partial charge in [0.25, 0.3) is 5.91 Å². The van der Waals surface area contributed by atoms with E-state index in [0.717, 1.165) is 18.4 Å². The third-order valence-electron chi connectivity index (χ3n) is 7.14. The standard InChI is InChI=1S/C30H32FN3O5S/c1-4-21(17-32)34(40(3,36)37)26-16-27-25(15-24(26)18-5-6-18)28(30(35)33-2)29(39-27)19-7-11-22(12-8-19)38-23-13-9-20(31)10-14-23/h7-16,18,21H,4-6,17,32H2,1-3H3,(H,33,35). The van der Waals surface area contributed by atoms with E-state index in [4.69, 9.17) is 14.9 Å². The van der Waals surface area contributed by atoms with E-state index in [-0.39, 0.29) is 24.2 Å². The predicted octanol–water partition coefficient (Wildman–Crippen LogP) is 5.77. The van der Waals surface area contributed by atoms with Gasteiger partial charge in [-0.2, -0.15) is 0 Å². The molecule has 1 unspecified atom stereocenters. The van der Waals surface area contributed by atoms with Gasteiger partial charge in [0.05, 0.1) is 23.5 Å². The number of hydrogen-bond acceptors (Lipinski definition) is 6. The molecule has 3 N–H and O–H groups in total. The minimum atomic E-state index is -3.65. The molecule has 4 aromatic rings. The molecule has 1 heterocycles. The predicted molar refractivity (Wildman–Crippen MR) is 154 cm³/mol. The SMILES string of the molecule is CCC(CN)N(c1cc2oc(-c3ccc(Oc4ccc(F)cc4)cc3)c(C(=O)NC)c2cc1C1CC1)S(C)(=O)=O. The van der Waals surface area contributed by atoms with Crippen LogP contribution in [-0.4, -0.2) is 40.2 Å². The van der Waals surface area contributed by atoms with Crippen LogP contribution < -0.4 is 20.1 Å². The van der Waals surface area contributed by atoms with Gasteiger partial charge in [0.15, 0.2) is 0 Å². The van der Waals surface area contributed by atoms with Crippen molar-refractivity contribution in [2.45, 2.75) is 38.1 Å². The molecule has 1 fully saturated rings. The summed E-state index contributed by atoms with van der Waals surface area (Å²) in [6, 6.07) is 15.9. The first-order chi connectivity index (χ1) is 19.1. The number of amides is 1. The summed E-state index contributed by atoms with van der Waals surface area (Å²) in [5.74, 6) is 0.902. The minimum Gasteiger partial charge on any atom is -0.457 e. The van der Waals surface area contributed by atoms with E-state index in [1.54, 1.807) is 37.4 Å². The van der Waals surface area contributed by atoms with Gasteiger partial charge in [-0.25, -0.2) is 12.8 Å². The van der Waals surface area contributed by atoms with Crippen molar-refractivity contribution in [1.29, 1.82) is 0 Å². The van der Waals surface area contributed by atoms with Crippen molar-refractivity contribution in [2.75, 3.05) is 24.2 Å². The Labute approximate surface area is 233 Å². The number of hydrogen-bond donors (Lipinski definition) is 2. The van der Waals surface area contributed by atoms with Gasteiger partial charge in [-0.1, -0.05) is 6.92 Å². The highest BCUT2D eigenvalue weighted by Gasteiger charge is 2.35. The molecule has 1 aliphatic rings. The van der Waals surface area contributed by atoms with Gasteiger partial charge < -0.3 is 20.2 Å². The van der Waals surface area contributed by atoms with E-state index in [2.05, 4.69) is 5.32 Å². The first kappa shape index (κ1) is 27.7. The smallest absolute Gasteiger partial charge is 0.255 e. The number of furan rings is 1. The Bertz CT molecular complexity index is 1640. The van der Waals surface area contributed by atoms with Gasteiger partial charge >= 0.3 is 0 Å². The Morgan fingerprint density at radius 1 is 1.12 bits per heavy atom. The molecule has 0 bridgehead atoms. The molecular formula is C30H32FN3O5S. The van der Waals surface area contributed by atoms with Crippen LogP contribution in [0.2, 0.25) is 0 Å². The number of fused-ring (bicyclic) bond motifs is 1. The van der Waals surface area contributed by atoms with Crippen LogP contribution in [0, 0.1) is 5.82 Å². The third-order valence-corrected chi connectivity index (χ3v) is 8.35. The van der Waals surface area contributed by atoms with E-state index in [1.165, 1.54) is 34.8 Å². The summed E-state index contributed by atoms with van der Waals surface area (Å²) >= 11 is 0. The number of halogens is 1. The van der Waals surface area contributed by atoms with Gasteiger partial charge in [0.1, 0.15) is 28.7 Å². The molecule has 1 aromatic heterocycles. The summed E-state index contributed by atoms with van der Waals surface area (Å²) in [5.41, 5.74) is 8.82. The number of nitrogens with one attached hydrogen (secondary N) is 1. The first-order valence-corrected chi connectivity index (χ1v) is 15.0. The lowest BCUT2D eigenvalue weighted by Crippen LogP contribution is -2.44. The third kappa shape index (κ3) is 5.41. The van der Waals surface area contributed by atoms with Crippen LogP contribution in [0.4, 0.5) is 10.1 Å². The van der Waals surface area contributed by atoms with Crippen LogP contribution in [0.25, 0.3) is 22.3 Å². The van der Waals surface area contributed by atoms with Gasteiger partial charge in [0.2, 0.25) is 10.0 Å². The number of rotatable bonds is 10. The number of benzene rings is 3. The number of sulfonamides is 1. The van der Waals surface area contributed by atoms with Crippen LogP contribution in [0.5, 0.6) is 11.5 Å². The number of carbonyl (C=O) groups is 1. The lowest BCUT2D eigenvalue weighted by molar-refractivity contribution is 0.0964. The molecule has 0 saturated heterocycles. The summed E-state index contributed by atoms with van der Waals surface area (Å²) < 4.78 is 52.7. The van der Waals surface area contributed by atoms with E-state index in [0.29, 0.717) is 51.5 Å². The molecular weight excluding hydrogens is 533 g/mol. The number of carbonyl (C=O) groups excluding carboxylic acids is 1. The average molecular weight is 566 g/mol. The van der Waals surface area contributed by atoms with Gasteiger partial charge in [-0.3, -0.25) is 9.10 Å². The van der Waals surface area contributed by atoms with Crippen molar-refractivity contribution in [3.8, 4) is 22.8 Å². The van der Waals surface area contributed by atoms with Crippen molar-refractivity contribution in [3.63, 3.8) is 0 Å². The first-order valence-electron chi connectivity index (χ1n) is 13.2. The van der Waals surface area contributed by atoms with Gasteiger partial charge in [-0.15, -0.1) is 0 Å². The van der Waals surface area contributed by atoms with E-state index in [1.807, 2.05) is 13.0 Å². The highest BCUT2D eigenvalue weighted by Crippen LogP contribution is 2.48. The van der Waals surface area contributed by atoms with Crippen LogP contribution in [0.3, 0.4) is 0 Å². The number of nitrogens with two attached hydrogens (primary N) is 1. The zero-order chi connectivity index (χ0) is 28.6. The Kier molecular flexibility index (Phi) is 7.57. The second kappa shape index (κ2) is 10.9. The lowest BCUT2D eigenvalue weighted by Gasteiger charge is -2.32. The number of anilines is 1. The minimum absolute atomic E-state index is 0.172. The fraction of sp³-hybridized carbons (Fsp3) is 0.300. The van der Waals surface area contributed by atoms with Crippen molar-refractivity contribution in [1.82, 2.24) is 5.32 Å². The summed E-state index contributed by atoms with van der Waals surface area (Å²) in [6.07, 6.45) is 3.60. The monoisotopic (exact) mass is 565 g/mol. The summed E-state index contributed by atoms with van der Waals surface area (Å²) in [4.78, 5) is 13.1. The van der Waals surface area contributed by atoms with Crippen LogP contribution in [-0.2, 0) is 10.0 Å². The zero-order valence-corrected chi connectivity index (χ0v) is 23.4.